The molecule has 2 rings (SSSR count). The third-order valence-electron chi connectivity index (χ3n) is 3.14. The highest BCUT2D eigenvalue weighted by Gasteiger charge is 2.33. The van der Waals surface area contributed by atoms with Crippen LogP contribution in [0.2, 0.25) is 0 Å². The average Bonchev–Trinajstić information content (AvgIpc) is 2.30. The first-order chi connectivity index (χ1) is 8.09. The molecule has 17 heavy (non-hydrogen) atoms. The number of nitrogens with one attached hydrogen (secondary N) is 1. The molecule has 94 valence electrons. The highest BCUT2D eigenvalue weighted by atomic mass is 32.2. The third-order valence-corrected chi connectivity index (χ3v) is 5.38. The van der Waals surface area contributed by atoms with E-state index in [9.17, 15) is 8.42 Å². The van der Waals surface area contributed by atoms with Crippen LogP contribution in [-0.2, 0) is 15.6 Å². The van der Waals surface area contributed by atoms with E-state index in [1.165, 1.54) is 0 Å². The number of nitrogens with two attached hydrogens (primary N) is 1. The Morgan fingerprint density at radius 1 is 1.29 bits per heavy atom. The summed E-state index contributed by atoms with van der Waals surface area (Å²) in [5.41, 5.74) is 6.71. The Kier molecular flexibility index (Phi) is 3.81. The van der Waals surface area contributed by atoms with Crippen molar-refractivity contribution in [3.63, 3.8) is 0 Å². The summed E-state index contributed by atoms with van der Waals surface area (Å²) in [6.07, 6.45) is 0.607. The van der Waals surface area contributed by atoms with Crippen molar-refractivity contribution in [1.29, 1.82) is 0 Å². The van der Waals surface area contributed by atoms with E-state index in [0.717, 1.165) is 12.1 Å². The lowest BCUT2D eigenvalue weighted by molar-refractivity contribution is 0.447. The summed E-state index contributed by atoms with van der Waals surface area (Å²) in [6.45, 7) is 1.31. The van der Waals surface area contributed by atoms with Gasteiger partial charge >= 0.3 is 0 Å². The molecule has 1 fully saturated rings. The van der Waals surface area contributed by atoms with Crippen LogP contribution in [0.15, 0.2) is 30.3 Å². The first kappa shape index (κ1) is 12.5. The largest absolute Gasteiger partial charge is 0.325 e. The number of hydrogen-bond donors (Lipinski definition) is 2. The van der Waals surface area contributed by atoms with Gasteiger partial charge in [0, 0.05) is 12.6 Å². The summed E-state index contributed by atoms with van der Waals surface area (Å²) in [6, 6.07) is 8.97. The van der Waals surface area contributed by atoms with Crippen LogP contribution >= 0.6 is 0 Å². The Morgan fingerprint density at radius 3 is 2.65 bits per heavy atom. The fourth-order valence-corrected chi connectivity index (χ4v) is 4.19. The van der Waals surface area contributed by atoms with Crippen LogP contribution in [0.4, 0.5) is 0 Å². The zero-order chi connectivity index (χ0) is 12.3. The maximum Gasteiger partial charge on any atom is 0.158 e. The van der Waals surface area contributed by atoms with Gasteiger partial charge in [-0.3, -0.25) is 0 Å². The van der Waals surface area contributed by atoms with Crippen molar-refractivity contribution in [1.82, 2.24) is 5.32 Å². The molecule has 0 spiro atoms. The van der Waals surface area contributed by atoms with Gasteiger partial charge < -0.3 is 11.1 Å². The minimum atomic E-state index is -3.15. The normalized spacial score (nSPS) is 25.7. The molecule has 3 N–H and O–H groups in total. The van der Waals surface area contributed by atoms with Gasteiger partial charge in [-0.05, 0) is 18.5 Å². The Balaban J connectivity index is 2.13. The maximum absolute atomic E-state index is 12.3. The molecule has 2 atom stereocenters. The molecule has 1 heterocycles. The summed E-state index contributed by atoms with van der Waals surface area (Å²) in [7, 11) is -3.15. The zero-order valence-electron chi connectivity index (χ0n) is 9.67. The van der Waals surface area contributed by atoms with Crippen LogP contribution in [0, 0.1) is 0 Å². The van der Waals surface area contributed by atoms with Crippen LogP contribution in [0.25, 0.3) is 0 Å². The van der Waals surface area contributed by atoms with E-state index in [0.29, 0.717) is 13.0 Å². The molecule has 0 radical (unpaired) electrons. The quantitative estimate of drug-likeness (QED) is 0.813. The summed E-state index contributed by atoms with van der Waals surface area (Å²) in [5.74, 6) is 0.0895. The number of sulfone groups is 1. The molecule has 1 aliphatic heterocycles. The van der Waals surface area contributed by atoms with E-state index in [1.54, 1.807) is 0 Å². The smallest absolute Gasteiger partial charge is 0.158 e. The van der Waals surface area contributed by atoms with Crippen molar-refractivity contribution in [2.45, 2.75) is 23.5 Å². The number of hydrogen-bond acceptors (Lipinski definition) is 4. The maximum atomic E-state index is 12.3. The predicted molar refractivity (Wildman–Crippen MR) is 68.3 cm³/mol. The lowest BCUT2D eigenvalue weighted by Crippen LogP contribution is -2.52. The lowest BCUT2D eigenvalue weighted by Gasteiger charge is -2.29. The van der Waals surface area contributed by atoms with Gasteiger partial charge in [0.25, 0.3) is 0 Å². The first-order valence-corrected chi connectivity index (χ1v) is 7.53. The van der Waals surface area contributed by atoms with Crippen molar-refractivity contribution < 1.29 is 8.42 Å². The van der Waals surface area contributed by atoms with Gasteiger partial charge in [0.2, 0.25) is 0 Å². The molecule has 0 aromatic heterocycles. The highest BCUT2D eigenvalue weighted by molar-refractivity contribution is 7.91. The van der Waals surface area contributed by atoms with Gasteiger partial charge in [0.15, 0.2) is 9.84 Å². The minimum absolute atomic E-state index is 0.0895. The van der Waals surface area contributed by atoms with Crippen LogP contribution in [0.3, 0.4) is 0 Å². The molecular formula is C12H18N2O2S. The molecule has 0 aliphatic carbocycles. The van der Waals surface area contributed by atoms with Crippen LogP contribution in [-0.4, -0.2) is 32.8 Å². The standard InChI is InChI=1S/C12H18N2O2S/c13-11-8-14-7-6-12(11)17(15,16)9-10-4-2-1-3-5-10/h1-5,11-12,14H,6-9,13H2. The number of rotatable bonds is 3. The molecule has 0 saturated carbocycles. The van der Waals surface area contributed by atoms with Crippen molar-refractivity contribution in [3.8, 4) is 0 Å². The van der Waals surface area contributed by atoms with Crippen molar-refractivity contribution in [3.05, 3.63) is 35.9 Å². The fourth-order valence-electron chi connectivity index (χ4n) is 2.22. The van der Waals surface area contributed by atoms with Crippen molar-refractivity contribution in [2.24, 2.45) is 5.73 Å². The number of piperidine rings is 1. The van der Waals surface area contributed by atoms with Crippen LogP contribution in [0.5, 0.6) is 0 Å². The zero-order valence-corrected chi connectivity index (χ0v) is 10.5. The molecule has 1 aliphatic rings. The van der Waals surface area contributed by atoms with Gasteiger partial charge in [-0.1, -0.05) is 30.3 Å². The topological polar surface area (TPSA) is 72.2 Å². The Bertz CT molecular complexity index is 459. The second-order valence-corrected chi connectivity index (χ2v) is 6.71. The molecule has 0 bridgehead atoms. The second-order valence-electron chi connectivity index (χ2n) is 4.49. The van der Waals surface area contributed by atoms with Gasteiger partial charge in [0.05, 0.1) is 11.0 Å². The van der Waals surface area contributed by atoms with Gasteiger partial charge in [-0.2, -0.15) is 0 Å². The van der Waals surface area contributed by atoms with Gasteiger partial charge in [-0.15, -0.1) is 0 Å². The third kappa shape index (κ3) is 3.06. The molecule has 0 amide bonds. The van der Waals surface area contributed by atoms with E-state index >= 15 is 0 Å². The fraction of sp³-hybridized carbons (Fsp3) is 0.500. The summed E-state index contributed by atoms with van der Waals surface area (Å²) < 4.78 is 24.5. The summed E-state index contributed by atoms with van der Waals surface area (Å²) in [4.78, 5) is 0. The monoisotopic (exact) mass is 254 g/mol. The molecule has 4 nitrogen and oxygen atoms in total. The summed E-state index contributed by atoms with van der Waals surface area (Å²) >= 11 is 0. The van der Waals surface area contributed by atoms with E-state index in [1.807, 2.05) is 30.3 Å². The van der Waals surface area contributed by atoms with Crippen LogP contribution < -0.4 is 11.1 Å². The lowest BCUT2D eigenvalue weighted by atomic mass is 10.1. The van der Waals surface area contributed by atoms with E-state index < -0.39 is 15.1 Å². The Morgan fingerprint density at radius 2 is 2.00 bits per heavy atom. The van der Waals surface area contributed by atoms with E-state index in [4.69, 9.17) is 5.73 Å². The Labute approximate surface area is 102 Å². The van der Waals surface area contributed by atoms with E-state index in [-0.39, 0.29) is 11.8 Å². The second kappa shape index (κ2) is 5.16. The molecule has 1 aromatic rings. The minimum Gasteiger partial charge on any atom is -0.325 e. The molecular weight excluding hydrogens is 236 g/mol. The highest BCUT2D eigenvalue weighted by Crippen LogP contribution is 2.17. The molecule has 1 saturated heterocycles. The average molecular weight is 254 g/mol. The number of benzene rings is 1. The predicted octanol–water partition coefficient (Wildman–Crippen LogP) is 0.291. The summed E-state index contributed by atoms with van der Waals surface area (Å²) in [5, 5.41) is 2.70. The molecule has 2 unspecified atom stereocenters. The first-order valence-electron chi connectivity index (χ1n) is 5.81. The van der Waals surface area contributed by atoms with Gasteiger partial charge in [0.1, 0.15) is 0 Å². The van der Waals surface area contributed by atoms with Crippen molar-refractivity contribution in [2.75, 3.05) is 13.1 Å². The SMILES string of the molecule is NC1CNCCC1S(=O)(=O)Cc1ccccc1. The Hall–Kier alpha value is -0.910. The van der Waals surface area contributed by atoms with Gasteiger partial charge in [-0.25, -0.2) is 8.42 Å². The van der Waals surface area contributed by atoms with E-state index in [2.05, 4.69) is 5.32 Å². The van der Waals surface area contributed by atoms with Crippen LogP contribution in [0.1, 0.15) is 12.0 Å². The molecule has 5 heteroatoms. The molecule has 1 aromatic carbocycles. The van der Waals surface area contributed by atoms with Crippen molar-refractivity contribution >= 4 is 9.84 Å².